The summed E-state index contributed by atoms with van der Waals surface area (Å²) in [6, 6.07) is 17.7. The highest BCUT2D eigenvalue weighted by atomic mass is 16.5. The van der Waals surface area contributed by atoms with Crippen LogP contribution >= 0.6 is 0 Å². The van der Waals surface area contributed by atoms with Crippen LogP contribution in [0.4, 0.5) is 5.69 Å². The Morgan fingerprint density at radius 2 is 1.65 bits per heavy atom. The van der Waals surface area contributed by atoms with Crippen molar-refractivity contribution in [2.45, 2.75) is 32.0 Å². The number of ether oxygens (including phenoxy) is 3. The van der Waals surface area contributed by atoms with Crippen LogP contribution in [-0.4, -0.2) is 48.9 Å². The highest BCUT2D eigenvalue weighted by Crippen LogP contribution is 2.32. The third kappa shape index (κ3) is 5.01. The smallest absolute Gasteiger partial charge is 0.338 e. The SMILES string of the molecule is CC(OC(=O)c1ccc(OCC2CCCO2)cc1)C(=O)Nc1cccc2c1C(=O)c1ccccc1C2=O. The van der Waals surface area contributed by atoms with Crippen molar-refractivity contribution in [3.05, 3.63) is 94.5 Å². The van der Waals surface area contributed by atoms with Gasteiger partial charge in [-0.3, -0.25) is 14.4 Å². The zero-order valence-electron chi connectivity index (χ0n) is 20.2. The second-order valence-corrected chi connectivity index (χ2v) is 8.94. The van der Waals surface area contributed by atoms with Crippen LogP contribution in [0.2, 0.25) is 0 Å². The van der Waals surface area contributed by atoms with E-state index in [9.17, 15) is 19.2 Å². The van der Waals surface area contributed by atoms with Gasteiger partial charge in [-0.25, -0.2) is 4.79 Å². The number of anilines is 1. The van der Waals surface area contributed by atoms with Crippen LogP contribution in [0, 0.1) is 0 Å². The van der Waals surface area contributed by atoms with E-state index in [2.05, 4.69) is 5.32 Å². The first kappa shape index (κ1) is 24.4. The third-order valence-corrected chi connectivity index (χ3v) is 6.41. The Bertz CT molecular complexity index is 1370. The molecule has 3 aromatic rings. The summed E-state index contributed by atoms with van der Waals surface area (Å²) in [7, 11) is 0. The monoisotopic (exact) mass is 499 g/mol. The van der Waals surface area contributed by atoms with Gasteiger partial charge in [-0.2, -0.15) is 0 Å². The first-order chi connectivity index (χ1) is 17.9. The van der Waals surface area contributed by atoms with Gasteiger partial charge in [-0.05, 0) is 50.1 Å². The molecule has 5 rings (SSSR count). The lowest BCUT2D eigenvalue weighted by Gasteiger charge is -2.21. The molecule has 0 saturated carbocycles. The summed E-state index contributed by atoms with van der Waals surface area (Å²) < 4.78 is 16.6. The minimum Gasteiger partial charge on any atom is -0.491 e. The van der Waals surface area contributed by atoms with Gasteiger partial charge >= 0.3 is 5.97 Å². The van der Waals surface area contributed by atoms with Gasteiger partial charge in [0, 0.05) is 23.3 Å². The average molecular weight is 500 g/mol. The van der Waals surface area contributed by atoms with E-state index in [1.807, 2.05) is 0 Å². The van der Waals surface area contributed by atoms with Crippen molar-refractivity contribution >= 4 is 29.1 Å². The predicted molar refractivity (Wildman–Crippen MR) is 134 cm³/mol. The topological polar surface area (TPSA) is 108 Å². The number of rotatable bonds is 7. The first-order valence-corrected chi connectivity index (χ1v) is 12.1. The molecule has 2 atom stereocenters. The van der Waals surface area contributed by atoms with Gasteiger partial charge in [-0.1, -0.05) is 36.4 Å². The maximum atomic E-state index is 13.1. The number of benzene rings is 3. The molecule has 188 valence electrons. The summed E-state index contributed by atoms with van der Waals surface area (Å²) in [5.74, 6) is -1.34. The minimum absolute atomic E-state index is 0.0855. The van der Waals surface area contributed by atoms with Crippen LogP contribution < -0.4 is 10.1 Å². The number of carbonyl (C=O) groups is 4. The number of esters is 1. The van der Waals surface area contributed by atoms with Crippen molar-refractivity contribution in [1.29, 1.82) is 0 Å². The summed E-state index contributed by atoms with van der Waals surface area (Å²) >= 11 is 0. The largest absolute Gasteiger partial charge is 0.491 e. The molecule has 1 N–H and O–H groups in total. The highest BCUT2D eigenvalue weighted by Gasteiger charge is 2.32. The van der Waals surface area contributed by atoms with E-state index in [4.69, 9.17) is 14.2 Å². The van der Waals surface area contributed by atoms with Crippen LogP contribution in [-0.2, 0) is 14.3 Å². The fourth-order valence-electron chi connectivity index (χ4n) is 4.42. The van der Waals surface area contributed by atoms with Crippen molar-refractivity contribution in [3.8, 4) is 5.75 Å². The first-order valence-electron chi connectivity index (χ1n) is 12.1. The predicted octanol–water partition coefficient (Wildman–Crippen LogP) is 4.20. The summed E-state index contributed by atoms with van der Waals surface area (Å²) in [4.78, 5) is 51.5. The molecule has 0 radical (unpaired) electrons. The van der Waals surface area contributed by atoms with Crippen LogP contribution in [0.25, 0.3) is 0 Å². The Morgan fingerprint density at radius 3 is 2.35 bits per heavy atom. The molecule has 1 fully saturated rings. The molecule has 0 bridgehead atoms. The maximum absolute atomic E-state index is 13.1. The summed E-state index contributed by atoms with van der Waals surface area (Å²) in [6.07, 6.45) is 0.927. The van der Waals surface area contributed by atoms with Gasteiger partial charge in [-0.15, -0.1) is 0 Å². The van der Waals surface area contributed by atoms with Crippen LogP contribution in [0.3, 0.4) is 0 Å². The Morgan fingerprint density at radius 1 is 0.946 bits per heavy atom. The fourth-order valence-corrected chi connectivity index (χ4v) is 4.42. The zero-order chi connectivity index (χ0) is 25.9. The van der Waals surface area contributed by atoms with Gasteiger partial charge in [0.25, 0.3) is 5.91 Å². The van der Waals surface area contributed by atoms with E-state index in [0.717, 1.165) is 19.4 Å². The molecule has 1 saturated heterocycles. The number of carbonyl (C=O) groups excluding carboxylic acids is 4. The van der Waals surface area contributed by atoms with E-state index < -0.39 is 18.0 Å². The van der Waals surface area contributed by atoms with E-state index in [-0.39, 0.29) is 45.6 Å². The molecule has 1 aliphatic heterocycles. The van der Waals surface area contributed by atoms with Gasteiger partial charge in [0.1, 0.15) is 12.4 Å². The Labute approximate surface area is 213 Å². The Kier molecular flexibility index (Phi) is 6.83. The van der Waals surface area contributed by atoms with E-state index in [0.29, 0.717) is 17.9 Å². The van der Waals surface area contributed by atoms with Gasteiger partial charge in [0.05, 0.1) is 22.9 Å². The average Bonchev–Trinajstić information content (AvgIpc) is 3.44. The molecule has 1 amide bonds. The molecule has 3 aromatic carbocycles. The molecule has 8 nitrogen and oxygen atoms in total. The lowest BCUT2D eigenvalue weighted by molar-refractivity contribution is -0.123. The Hall–Kier alpha value is -4.30. The van der Waals surface area contributed by atoms with Crippen molar-refractivity contribution < 1.29 is 33.4 Å². The fraction of sp³-hybridized carbons (Fsp3) is 0.241. The summed E-state index contributed by atoms with van der Waals surface area (Å²) in [5.41, 5.74) is 1.40. The third-order valence-electron chi connectivity index (χ3n) is 6.41. The normalized spacial score (nSPS) is 16.9. The molecular formula is C29H25NO7. The molecule has 0 aromatic heterocycles. The van der Waals surface area contributed by atoms with Crippen molar-refractivity contribution in [3.63, 3.8) is 0 Å². The van der Waals surface area contributed by atoms with Gasteiger partial charge in [0.15, 0.2) is 17.7 Å². The van der Waals surface area contributed by atoms with Crippen LogP contribution in [0.5, 0.6) is 5.75 Å². The van der Waals surface area contributed by atoms with Gasteiger partial charge in [0.2, 0.25) is 0 Å². The van der Waals surface area contributed by atoms with Gasteiger partial charge < -0.3 is 19.5 Å². The number of hydrogen-bond acceptors (Lipinski definition) is 7. The number of hydrogen-bond donors (Lipinski definition) is 1. The van der Waals surface area contributed by atoms with Crippen molar-refractivity contribution in [1.82, 2.24) is 0 Å². The van der Waals surface area contributed by atoms with Crippen molar-refractivity contribution in [2.75, 3.05) is 18.5 Å². The number of nitrogens with one attached hydrogen (secondary N) is 1. The molecule has 1 aliphatic carbocycles. The van der Waals surface area contributed by atoms with Crippen molar-refractivity contribution in [2.24, 2.45) is 0 Å². The standard InChI is InChI=1S/C29H25NO7/c1-17(37-29(34)18-11-13-19(14-12-18)36-16-20-6-5-15-35-20)28(33)30-24-10-4-9-23-25(24)27(32)22-8-3-2-7-21(22)26(23)31/h2-4,7-14,17,20H,5-6,15-16H2,1H3,(H,30,33). The molecule has 2 unspecified atom stereocenters. The summed E-state index contributed by atoms with van der Waals surface area (Å²) in [5, 5.41) is 2.64. The molecule has 1 heterocycles. The zero-order valence-corrected chi connectivity index (χ0v) is 20.2. The molecule has 0 spiro atoms. The van der Waals surface area contributed by atoms with Crippen LogP contribution in [0.1, 0.15) is 62.0 Å². The van der Waals surface area contributed by atoms with Crippen LogP contribution in [0.15, 0.2) is 66.7 Å². The lowest BCUT2D eigenvalue weighted by atomic mass is 9.83. The second kappa shape index (κ2) is 10.4. The highest BCUT2D eigenvalue weighted by molar-refractivity contribution is 6.30. The van der Waals surface area contributed by atoms with E-state index >= 15 is 0 Å². The van der Waals surface area contributed by atoms with E-state index in [1.165, 1.54) is 6.92 Å². The second-order valence-electron chi connectivity index (χ2n) is 8.94. The number of ketones is 2. The maximum Gasteiger partial charge on any atom is 0.338 e. The molecule has 2 aliphatic rings. The number of fused-ring (bicyclic) bond motifs is 2. The molecule has 37 heavy (non-hydrogen) atoms. The molecular weight excluding hydrogens is 474 g/mol. The lowest BCUT2D eigenvalue weighted by Crippen LogP contribution is -2.31. The number of amides is 1. The molecule has 8 heteroatoms. The Balaban J connectivity index is 1.23. The quantitative estimate of drug-likeness (QED) is 0.380. The summed E-state index contributed by atoms with van der Waals surface area (Å²) in [6.45, 7) is 2.63. The van der Waals surface area contributed by atoms with E-state index in [1.54, 1.807) is 66.7 Å². The minimum atomic E-state index is -1.15.